The molecule has 2 amide bonds. The fourth-order valence-electron chi connectivity index (χ4n) is 2.32. The monoisotopic (exact) mass is 330 g/mol. The molecule has 1 aliphatic heterocycles. The standard InChI is InChI=1S/C16H18N4O2S/c1-16(2,3)14-17-15(19-18-14)23-9-8-20-12(21)10-6-4-5-7-11(10)13(20)22/h4-7H,8-9H2,1-3H3,(H,17,18,19). The maximum Gasteiger partial charge on any atom is 0.261 e. The van der Waals surface area contributed by atoms with Crippen molar-refractivity contribution in [3.63, 3.8) is 0 Å². The van der Waals surface area contributed by atoms with Crippen molar-refractivity contribution in [2.75, 3.05) is 12.3 Å². The van der Waals surface area contributed by atoms with Gasteiger partial charge in [-0.3, -0.25) is 19.6 Å². The van der Waals surface area contributed by atoms with E-state index in [-0.39, 0.29) is 17.2 Å². The number of benzene rings is 1. The Bertz CT molecular complexity index is 728. The third-order valence-corrected chi connectivity index (χ3v) is 4.43. The molecule has 2 heterocycles. The quantitative estimate of drug-likeness (QED) is 0.688. The Balaban J connectivity index is 1.61. The van der Waals surface area contributed by atoms with E-state index in [0.29, 0.717) is 28.6 Å². The Morgan fingerprint density at radius 1 is 1.13 bits per heavy atom. The molecule has 3 rings (SSSR count). The molecule has 1 aliphatic rings. The van der Waals surface area contributed by atoms with Gasteiger partial charge in [0, 0.05) is 17.7 Å². The molecule has 0 bridgehead atoms. The van der Waals surface area contributed by atoms with Crippen molar-refractivity contribution in [1.29, 1.82) is 0 Å². The number of hydrogen-bond acceptors (Lipinski definition) is 5. The first-order valence-electron chi connectivity index (χ1n) is 7.39. The van der Waals surface area contributed by atoms with Crippen LogP contribution in [0.2, 0.25) is 0 Å². The van der Waals surface area contributed by atoms with Crippen LogP contribution in [0.1, 0.15) is 47.3 Å². The Morgan fingerprint density at radius 2 is 1.74 bits per heavy atom. The van der Waals surface area contributed by atoms with Crippen molar-refractivity contribution in [2.24, 2.45) is 0 Å². The van der Waals surface area contributed by atoms with Crippen LogP contribution in [0.25, 0.3) is 0 Å². The summed E-state index contributed by atoms with van der Waals surface area (Å²) in [5.41, 5.74) is 0.875. The van der Waals surface area contributed by atoms with Gasteiger partial charge in [0.2, 0.25) is 5.16 Å². The van der Waals surface area contributed by atoms with Gasteiger partial charge in [0.25, 0.3) is 11.8 Å². The van der Waals surface area contributed by atoms with Crippen molar-refractivity contribution in [3.8, 4) is 0 Å². The summed E-state index contributed by atoms with van der Waals surface area (Å²) in [4.78, 5) is 30.2. The van der Waals surface area contributed by atoms with Crippen molar-refractivity contribution >= 4 is 23.6 Å². The van der Waals surface area contributed by atoms with E-state index in [4.69, 9.17) is 0 Å². The van der Waals surface area contributed by atoms with Crippen LogP contribution < -0.4 is 0 Å². The molecule has 0 spiro atoms. The number of H-pyrrole nitrogens is 1. The lowest BCUT2D eigenvalue weighted by Gasteiger charge is -2.13. The van der Waals surface area contributed by atoms with Gasteiger partial charge in [-0.25, -0.2) is 4.98 Å². The number of aromatic amines is 1. The van der Waals surface area contributed by atoms with Crippen molar-refractivity contribution in [2.45, 2.75) is 31.3 Å². The predicted octanol–water partition coefficient (Wildman–Crippen LogP) is 2.49. The van der Waals surface area contributed by atoms with Gasteiger partial charge >= 0.3 is 0 Å². The second-order valence-electron chi connectivity index (χ2n) is 6.37. The topological polar surface area (TPSA) is 79.0 Å². The molecule has 6 nitrogen and oxygen atoms in total. The SMILES string of the molecule is CC(C)(C)c1nc(SCCN2C(=O)c3ccccc3C2=O)n[nH]1. The molecule has 0 radical (unpaired) electrons. The third kappa shape index (κ3) is 3.01. The molecule has 1 aromatic heterocycles. The van der Waals surface area contributed by atoms with Gasteiger partial charge in [-0.1, -0.05) is 44.7 Å². The summed E-state index contributed by atoms with van der Waals surface area (Å²) in [6.07, 6.45) is 0. The summed E-state index contributed by atoms with van der Waals surface area (Å²) < 4.78 is 0. The van der Waals surface area contributed by atoms with Gasteiger partial charge in [0.1, 0.15) is 5.82 Å². The summed E-state index contributed by atoms with van der Waals surface area (Å²) in [7, 11) is 0. The fourth-order valence-corrected chi connectivity index (χ4v) is 3.04. The van der Waals surface area contributed by atoms with Crippen LogP contribution in [-0.2, 0) is 5.41 Å². The zero-order chi connectivity index (χ0) is 16.6. The largest absolute Gasteiger partial charge is 0.273 e. The third-order valence-electron chi connectivity index (χ3n) is 3.60. The first kappa shape index (κ1) is 15.7. The van der Waals surface area contributed by atoms with Crippen molar-refractivity contribution < 1.29 is 9.59 Å². The minimum Gasteiger partial charge on any atom is -0.273 e. The number of fused-ring (bicyclic) bond motifs is 1. The molecule has 2 aromatic rings. The number of carbonyl (C=O) groups is 2. The van der Waals surface area contributed by atoms with Crippen molar-refractivity contribution in [3.05, 3.63) is 41.2 Å². The minimum atomic E-state index is -0.225. The number of hydrogen-bond donors (Lipinski definition) is 1. The number of carbonyl (C=O) groups excluding carboxylic acids is 2. The average molecular weight is 330 g/mol. The number of nitrogens with zero attached hydrogens (tertiary/aromatic N) is 3. The Morgan fingerprint density at radius 3 is 2.26 bits per heavy atom. The number of amides is 2. The molecule has 0 saturated heterocycles. The highest BCUT2D eigenvalue weighted by Crippen LogP contribution is 2.24. The summed E-state index contributed by atoms with van der Waals surface area (Å²) in [5, 5.41) is 7.72. The van der Waals surface area contributed by atoms with Gasteiger partial charge in [0.05, 0.1) is 11.1 Å². The molecule has 1 aromatic carbocycles. The van der Waals surface area contributed by atoms with Crippen LogP contribution >= 0.6 is 11.8 Å². The zero-order valence-corrected chi connectivity index (χ0v) is 14.1. The highest BCUT2D eigenvalue weighted by molar-refractivity contribution is 7.99. The summed E-state index contributed by atoms with van der Waals surface area (Å²) in [5.74, 6) is 0.932. The molecule has 0 unspecified atom stereocenters. The summed E-state index contributed by atoms with van der Waals surface area (Å²) in [6, 6.07) is 6.91. The number of rotatable bonds is 4. The highest BCUT2D eigenvalue weighted by Gasteiger charge is 2.34. The van der Waals surface area contributed by atoms with Gasteiger partial charge in [-0.2, -0.15) is 0 Å². The molecule has 23 heavy (non-hydrogen) atoms. The molecule has 0 fully saturated rings. The van der Waals surface area contributed by atoms with Gasteiger partial charge in [0.15, 0.2) is 0 Å². The number of aromatic nitrogens is 3. The highest BCUT2D eigenvalue weighted by atomic mass is 32.2. The van der Waals surface area contributed by atoms with Crippen LogP contribution in [0.5, 0.6) is 0 Å². The maximum absolute atomic E-state index is 12.2. The molecular weight excluding hydrogens is 312 g/mol. The van der Waals surface area contributed by atoms with Gasteiger partial charge in [-0.15, -0.1) is 5.10 Å². The predicted molar refractivity (Wildman–Crippen MR) is 87.6 cm³/mol. The van der Waals surface area contributed by atoms with E-state index in [9.17, 15) is 9.59 Å². The number of imide groups is 1. The lowest BCUT2D eigenvalue weighted by Crippen LogP contribution is -2.31. The normalized spacial score (nSPS) is 14.5. The van der Waals surface area contributed by atoms with E-state index in [1.807, 2.05) is 0 Å². The molecule has 0 atom stereocenters. The fraction of sp³-hybridized carbons (Fsp3) is 0.375. The van der Waals surface area contributed by atoms with Gasteiger partial charge < -0.3 is 0 Å². The second kappa shape index (κ2) is 5.81. The maximum atomic E-state index is 12.2. The van der Waals surface area contributed by atoms with E-state index in [1.165, 1.54) is 16.7 Å². The van der Waals surface area contributed by atoms with Crippen LogP contribution in [0, 0.1) is 0 Å². The summed E-state index contributed by atoms with van der Waals surface area (Å²) in [6.45, 7) is 6.51. The van der Waals surface area contributed by atoms with Crippen LogP contribution in [0.15, 0.2) is 29.4 Å². The zero-order valence-electron chi connectivity index (χ0n) is 13.3. The molecular formula is C16H18N4O2S. The Kier molecular flexibility index (Phi) is 3.97. The number of thioether (sulfide) groups is 1. The average Bonchev–Trinajstić information content (AvgIpc) is 3.07. The first-order valence-corrected chi connectivity index (χ1v) is 8.37. The molecule has 120 valence electrons. The van der Waals surface area contributed by atoms with Crippen LogP contribution in [0.3, 0.4) is 0 Å². The molecule has 0 saturated carbocycles. The lowest BCUT2D eigenvalue weighted by molar-refractivity contribution is 0.0664. The Hall–Kier alpha value is -2.15. The molecule has 0 aliphatic carbocycles. The van der Waals surface area contributed by atoms with E-state index in [0.717, 1.165) is 5.82 Å². The molecule has 7 heteroatoms. The van der Waals surface area contributed by atoms with E-state index < -0.39 is 0 Å². The lowest BCUT2D eigenvalue weighted by atomic mass is 9.96. The first-order chi connectivity index (χ1) is 10.9. The van der Waals surface area contributed by atoms with Gasteiger partial charge in [-0.05, 0) is 12.1 Å². The Labute approximate surface area is 138 Å². The smallest absolute Gasteiger partial charge is 0.261 e. The second-order valence-corrected chi connectivity index (χ2v) is 7.43. The van der Waals surface area contributed by atoms with E-state index in [1.54, 1.807) is 24.3 Å². The minimum absolute atomic E-state index is 0.0889. The summed E-state index contributed by atoms with van der Waals surface area (Å²) >= 11 is 1.43. The molecule has 1 N–H and O–H groups in total. The van der Waals surface area contributed by atoms with Crippen molar-refractivity contribution in [1.82, 2.24) is 20.1 Å². The van der Waals surface area contributed by atoms with Crippen LogP contribution in [0.4, 0.5) is 0 Å². The number of nitrogens with one attached hydrogen (secondary N) is 1. The van der Waals surface area contributed by atoms with E-state index in [2.05, 4.69) is 36.0 Å². The van der Waals surface area contributed by atoms with E-state index >= 15 is 0 Å². The van der Waals surface area contributed by atoms with Crippen LogP contribution in [-0.4, -0.2) is 44.2 Å².